The number of benzene rings is 1. The summed E-state index contributed by atoms with van der Waals surface area (Å²) in [5.74, 6) is 0.389. The van der Waals surface area contributed by atoms with Crippen molar-refractivity contribution < 1.29 is 19.1 Å². The summed E-state index contributed by atoms with van der Waals surface area (Å²) in [4.78, 5) is 22.6. The largest absolute Gasteiger partial charge is 0.481 e. The lowest BCUT2D eigenvalue weighted by atomic mass is 10.1. The first-order valence-electron chi connectivity index (χ1n) is 8.13. The molecule has 0 aromatic heterocycles. The third-order valence-corrected chi connectivity index (χ3v) is 3.54. The highest BCUT2D eigenvalue weighted by Gasteiger charge is 2.09. The van der Waals surface area contributed by atoms with E-state index < -0.39 is 5.97 Å². The standard InChI is InChI=1S/C18H28N2O4/c1-12(2)18(22)20-7-6-19-10-15-8-13(3)17(14(4)9-15)24-11-16(21)23-5/h8-9,12,19H,6-7,10-11H2,1-5H3,(H,20,22). The smallest absolute Gasteiger partial charge is 0.343 e. The summed E-state index contributed by atoms with van der Waals surface area (Å²) < 4.78 is 10.1. The van der Waals surface area contributed by atoms with Gasteiger partial charge in [-0.2, -0.15) is 0 Å². The number of methoxy groups -OCH3 is 1. The van der Waals surface area contributed by atoms with Crippen LogP contribution in [0.15, 0.2) is 12.1 Å². The highest BCUT2D eigenvalue weighted by Crippen LogP contribution is 2.24. The van der Waals surface area contributed by atoms with Crippen molar-refractivity contribution in [3.05, 3.63) is 28.8 Å². The van der Waals surface area contributed by atoms with E-state index in [-0.39, 0.29) is 18.4 Å². The fraction of sp³-hybridized carbons (Fsp3) is 0.556. The summed E-state index contributed by atoms with van der Waals surface area (Å²) in [6.45, 7) is 9.57. The Balaban J connectivity index is 2.47. The van der Waals surface area contributed by atoms with Gasteiger partial charge in [0.1, 0.15) is 5.75 Å². The van der Waals surface area contributed by atoms with Crippen LogP contribution in [-0.2, 0) is 20.9 Å². The number of carbonyl (C=O) groups excluding carboxylic acids is 2. The summed E-state index contributed by atoms with van der Waals surface area (Å²) in [7, 11) is 1.34. The van der Waals surface area contributed by atoms with Crippen molar-refractivity contribution in [1.29, 1.82) is 0 Å². The quantitative estimate of drug-likeness (QED) is 0.530. The van der Waals surface area contributed by atoms with Gasteiger partial charge in [0.25, 0.3) is 0 Å². The Morgan fingerprint density at radius 1 is 1.12 bits per heavy atom. The molecule has 0 fully saturated rings. The van der Waals surface area contributed by atoms with Gasteiger partial charge < -0.3 is 20.1 Å². The first-order valence-corrected chi connectivity index (χ1v) is 8.13. The molecule has 1 aromatic rings. The number of hydrogen-bond donors (Lipinski definition) is 2. The highest BCUT2D eigenvalue weighted by atomic mass is 16.6. The van der Waals surface area contributed by atoms with Crippen LogP contribution in [0, 0.1) is 19.8 Å². The molecule has 0 aliphatic heterocycles. The first kappa shape index (κ1) is 20.0. The predicted octanol–water partition coefficient (Wildman–Crippen LogP) is 1.72. The van der Waals surface area contributed by atoms with Crippen molar-refractivity contribution in [3.63, 3.8) is 0 Å². The van der Waals surface area contributed by atoms with Gasteiger partial charge in [0.05, 0.1) is 7.11 Å². The molecule has 0 atom stereocenters. The van der Waals surface area contributed by atoms with Gasteiger partial charge in [-0.15, -0.1) is 0 Å². The van der Waals surface area contributed by atoms with Gasteiger partial charge in [-0.1, -0.05) is 26.0 Å². The average Bonchev–Trinajstić information content (AvgIpc) is 2.53. The molecular weight excluding hydrogens is 308 g/mol. The number of aryl methyl sites for hydroxylation is 2. The van der Waals surface area contributed by atoms with Crippen molar-refractivity contribution >= 4 is 11.9 Å². The third kappa shape index (κ3) is 6.58. The SMILES string of the molecule is COC(=O)COc1c(C)cc(CNCCNC(=O)C(C)C)cc1C. The molecule has 0 aliphatic carbocycles. The number of ether oxygens (including phenoxy) is 2. The van der Waals surface area contributed by atoms with E-state index in [4.69, 9.17) is 4.74 Å². The second-order valence-corrected chi connectivity index (χ2v) is 6.05. The molecule has 134 valence electrons. The van der Waals surface area contributed by atoms with Gasteiger partial charge >= 0.3 is 5.97 Å². The van der Waals surface area contributed by atoms with Crippen LogP contribution < -0.4 is 15.4 Å². The molecule has 1 amide bonds. The lowest BCUT2D eigenvalue weighted by Crippen LogP contribution is -2.34. The van der Waals surface area contributed by atoms with E-state index in [1.165, 1.54) is 7.11 Å². The molecule has 1 aromatic carbocycles. The lowest BCUT2D eigenvalue weighted by molar-refractivity contribution is -0.142. The van der Waals surface area contributed by atoms with E-state index in [2.05, 4.69) is 15.4 Å². The Kier molecular flexibility index (Phi) is 8.26. The lowest BCUT2D eigenvalue weighted by Gasteiger charge is -2.14. The minimum Gasteiger partial charge on any atom is -0.481 e. The van der Waals surface area contributed by atoms with Crippen LogP contribution in [-0.4, -0.2) is 38.7 Å². The summed E-state index contributed by atoms with van der Waals surface area (Å²) in [6, 6.07) is 4.05. The van der Waals surface area contributed by atoms with Gasteiger partial charge in [-0.25, -0.2) is 4.79 Å². The van der Waals surface area contributed by atoms with Crippen LogP contribution in [0.2, 0.25) is 0 Å². The molecule has 0 saturated heterocycles. The molecule has 1 rings (SSSR count). The van der Waals surface area contributed by atoms with E-state index in [0.29, 0.717) is 25.4 Å². The summed E-state index contributed by atoms with van der Waals surface area (Å²) in [6.07, 6.45) is 0. The van der Waals surface area contributed by atoms with E-state index in [9.17, 15) is 9.59 Å². The molecule has 0 spiro atoms. The molecular formula is C18H28N2O4. The molecule has 0 aliphatic rings. The predicted molar refractivity (Wildman–Crippen MR) is 93.0 cm³/mol. The minimum atomic E-state index is -0.400. The zero-order chi connectivity index (χ0) is 18.1. The summed E-state index contributed by atoms with van der Waals surface area (Å²) >= 11 is 0. The van der Waals surface area contributed by atoms with Crippen molar-refractivity contribution in [2.75, 3.05) is 26.8 Å². The monoisotopic (exact) mass is 336 g/mol. The van der Waals surface area contributed by atoms with Crippen LogP contribution in [0.25, 0.3) is 0 Å². The Hall–Kier alpha value is -2.08. The molecule has 0 saturated carbocycles. The average molecular weight is 336 g/mol. The second-order valence-electron chi connectivity index (χ2n) is 6.05. The van der Waals surface area contributed by atoms with Crippen LogP contribution >= 0.6 is 0 Å². The third-order valence-electron chi connectivity index (χ3n) is 3.54. The zero-order valence-electron chi connectivity index (χ0n) is 15.2. The van der Waals surface area contributed by atoms with Gasteiger partial charge in [-0.05, 0) is 30.5 Å². The maximum atomic E-state index is 11.4. The molecule has 0 heterocycles. The molecule has 6 nitrogen and oxygen atoms in total. The Morgan fingerprint density at radius 2 is 1.75 bits per heavy atom. The van der Waals surface area contributed by atoms with Gasteiger partial charge in [0.2, 0.25) is 5.91 Å². The van der Waals surface area contributed by atoms with E-state index in [0.717, 1.165) is 16.7 Å². The van der Waals surface area contributed by atoms with Crippen molar-refractivity contribution in [2.24, 2.45) is 5.92 Å². The van der Waals surface area contributed by atoms with Gasteiger partial charge in [-0.3, -0.25) is 4.79 Å². The molecule has 0 radical (unpaired) electrons. The topological polar surface area (TPSA) is 76.7 Å². The maximum Gasteiger partial charge on any atom is 0.343 e. The molecule has 2 N–H and O–H groups in total. The maximum absolute atomic E-state index is 11.4. The zero-order valence-corrected chi connectivity index (χ0v) is 15.2. The number of hydrogen-bond acceptors (Lipinski definition) is 5. The van der Waals surface area contributed by atoms with Crippen molar-refractivity contribution in [2.45, 2.75) is 34.2 Å². The number of nitrogens with one attached hydrogen (secondary N) is 2. The Morgan fingerprint density at radius 3 is 2.29 bits per heavy atom. The number of carbonyl (C=O) groups is 2. The fourth-order valence-electron chi connectivity index (χ4n) is 2.27. The molecule has 0 unspecified atom stereocenters. The normalized spacial score (nSPS) is 10.6. The van der Waals surface area contributed by atoms with Gasteiger partial charge in [0.15, 0.2) is 6.61 Å². The molecule has 6 heteroatoms. The number of amides is 1. The minimum absolute atomic E-state index is 0.00725. The van der Waals surface area contributed by atoms with E-state index in [1.807, 2.05) is 39.8 Å². The molecule has 0 bridgehead atoms. The molecule has 24 heavy (non-hydrogen) atoms. The first-order chi connectivity index (χ1) is 11.3. The summed E-state index contributed by atoms with van der Waals surface area (Å²) in [5.41, 5.74) is 3.08. The van der Waals surface area contributed by atoms with Gasteiger partial charge in [0, 0.05) is 25.6 Å². The van der Waals surface area contributed by atoms with Crippen LogP contribution in [0.4, 0.5) is 0 Å². The van der Waals surface area contributed by atoms with E-state index in [1.54, 1.807) is 0 Å². The Labute approximate surface area is 143 Å². The van der Waals surface area contributed by atoms with E-state index >= 15 is 0 Å². The van der Waals surface area contributed by atoms with Crippen molar-refractivity contribution in [3.8, 4) is 5.75 Å². The van der Waals surface area contributed by atoms with Crippen LogP contribution in [0.1, 0.15) is 30.5 Å². The summed E-state index contributed by atoms with van der Waals surface area (Å²) in [5, 5.41) is 6.17. The Bertz CT molecular complexity index is 547. The van der Waals surface area contributed by atoms with Crippen LogP contribution in [0.3, 0.4) is 0 Å². The van der Waals surface area contributed by atoms with Crippen molar-refractivity contribution in [1.82, 2.24) is 10.6 Å². The number of rotatable bonds is 9. The second kappa shape index (κ2) is 9.93. The fourth-order valence-corrected chi connectivity index (χ4v) is 2.27. The highest BCUT2D eigenvalue weighted by molar-refractivity contribution is 5.77. The van der Waals surface area contributed by atoms with Crippen LogP contribution in [0.5, 0.6) is 5.75 Å². The number of esters is 1.